The Bertz CT molecular complexity index is 1540. The number of aromatic nitrogens is 2. The van der Waals surface area contributed by atoms with E-state index in [9.17, 15) is 33.0 Å². The number of aromatic amines is 1. The van der Waals surface area contributed by atoms with Gasteiger partial charge in [-0.1, -0.05) is 49.6 Å². The van der Waals surface area contributed by atoms with Crippen molar-refractivity contribution in [3.63, 3.8) is 0 Å². The third-order valence-corrected chi connectivity index (χ3v) is 13.6. The van der Waals surface area contributed by atoms with Gasteiger partial charge in [0.05, 0.1) is 37.0 Å². The normalized spacial score (nSPS) is 20.7. The van der Waals surface area contributed by atoms with Crippen LogP contribution in [-0.4, -0.2) is 124 Å². The minimum absolute atomic E-state index is 0.0195. The van der Waals surface area contributed by atoms with Crippen LogP contribution in [0.25, 0.3) is 0 Å². The molecule has 2 aliphatic carbocycles. The Hall–Kier alpha value is -3.33. The number of aliphatic hydroxyl groups excluding tert-OH is 2. The number of rotatable bonds is 18. The molecule has 0 spiro atoms. The molecule has 4 N–H and O–H groups in total. The van der Waals surface area contributed by atoms with Crippen molar-refractivity contribution < 1.29 is 37.8 Å². The number of morpholine rings is 1. The zero-order chi connectivity index (χ0) is 37.3. The number of nitrogens with one attached hydrogen (secondary N) is 2. The van der Waals surface area contributed by atoms with Gasteiger partial charge in [-0.05, 0) is 69.8 Å². The van der Waals surface area contributed by atoms with Gasteiger partial charge in [-0.2, -0.15) is 0 Å². The Labute approximate surface area is 307 Å². The van der Waals surface area contributed by atoms with Gasteiger partial charge in [0.2, 0.25) is 17.7 Å². The molecule has 14 heteroatoms. The first-order valence-electron chi connectivity index (χ1n) is 19.0. The highest BCUT2D eigenvalue weighted by Gasteiger charge is 2.40. The fourth-order valence-corrected chi connectivity index (χ4v) is 9.22. The number of carbonyl (C=O) groups excluding carboxylic acids is 3. The average molecular weight is 744 g/mol. The molecule has 0 radical (unpaired) electrons. The van der Waals surface area contributed by atoms with Gasteiger partial charge in [-0.25, -0.2) is 13.4 Å². The highest BCUT2D eigenvalue weighted by atomic mass is 32.2. The van der Waals surface area contributed by atoms with Crippen LogP contribution in [0, 0.1) is 17.8 Å². The van der Waals surface area contributed by atoms with E-state index >= 15 is 0 Å². The lowest BCUT2D eigenvalue weighted by molar-refractivity contribution is -0.140. The second-order valence-electron chi connectivity index (χ2n) is 15.1. The maximum Gasteiger partial charge on any atom is 0.245 e. The van der Waals surface area contributed by atoms with Gasteiger partial charge in [0.1, 0.15) is 11.3 Å². The van der Waals surface area contributed by atoms with Crippen molar-refractivity contribution in [1.82, 2.24) is 25.1 Å². The molecule has 5 rings (SSSR count). The highest BCUT2D eigenvalue weighted by Crippen LogP contribution is 2.34. The van der Waals surface area contributed by atoms with Crippen LogP contribution >= 0.6 is 0 Å². The summed E-state index contributed by atoms with van der Waals surface area (Å²) >= 11 is 0. The third-order valence-electron chi connectivity index (χ3n) is 11.1. The Kier molecular flexibility index (Phi) is 14.3. The summed E-state index contributed by atoms with van der Waals surface area (Å²) in [4.78, 5) is 52.4. The standard InChI is InChI=1S/C38H57N5O8S/c1-26(52(49,50)27(2)37(47)42-15-17-51-18-16-42)19-31(20-28-9-5-3-6-10-28)36(46)41-33(21-32-22-39-25-40-32)38(48)43(23-29-11-7-4-8-12-29)24-34(44)35(45)30-13-14-30/h3,5-6,9-10,22,25-27,29-31,33-35,44-45H,4,7-8,11-21,23-24H2,1-2H3,(H,39,40)(H,41,46)/t26-,27-,31+,33-,34-,35-/m0/s1. The second kappa shape index (κ2) is 18.6. The largest absolute Gasteiger partial charge is 0.390 e. The number of carbonyl (C=O) groups is 3. The van der Waals surface area contributed by atoms with Crippen LogP contribution in [0.1, 0.15) is 76.5 Å². The quantitative estimate of drug-likeness (QED) is 0.178. The molecular formula is C38H57N5O8S. The summed E-state index contributed by atoms with van der Waals surface area (Å²) in [7, 11) is -4.00. The molecule has 0 bridgehead atoms. The first kappa shape index (κ1) is 39.9. The molecule has 288 valence electrons. The molecule has 1 aliphatic heterocycles. The molecule has 2 heterocycles. The summed E-state index contributed by atoms with van der Waals surface area (Å²) in [6.07, 6.45) is 8.16. The van der Waals surface area contributed by atoms with Gasteiger partial charge < -0.3 is 35.1 Å². The molecule has 3 fully saturated rings. The molecule has 1 saturated heterocycles. The van der Waals surface area contributed by atoms with Crippen LogP contribution in [0.4, 0.5) is 0 Å². The first-order valence-corrected chi connectivity index (χ1v) is 20.6. The molecule has 1 aromatic heterocycles. The van der Waals surface area contributed by atoms with E-state index in [-0.39, 0.29) is 43.6 Å². The lowest BCUT2D eigenvalue weighted by atomic mass is 9.88. The summed E-state index contributed by atoms with van der Waals surface area (Å²) in [6, 6.07) is 8.25. The van der Waals surface area contributed by atoms with E-state index < -0.39 is 56.3 Å². The monoisotopic (exact) mass is 743 g/mol. The van der Waals surface area contributed by atoms with E-state index in [1.807, 2.05) is 30.3 Å². The lowest BCUT2D eigenvalue weighted by Gasteiger charge is -2.35. The molecular weight excluding hydrogens is 687 g/mol. The fraction of sp³-hybridized carbons (Fsp3) is 0.684. The molecule has 3 aliphatic rings. The number of ether oxygens (including phenoxy) is 1. The molecule has 3 amide bonds. The van der Waals surface area contributed by atoms with Crippen molar-refractivity contribution in [2.45, 2.75) is 107 Å². The van der Waals surface area contributed by atoms with Crippen molar-refractivity contribution in [3.05, 3.63) is 54.1 Å². The number of H-pyrrole nitrogens is 1. The SMILES string of the molecule is C[C@@H](C[C@H](Cc1ccccc1)C(=O)N[C@@H](Cc1cnc[nH]1)C(=O)N(CC1CCCCC1)C[C@H](O)[C@@H](O)C1CC1)S(=O)(=O)[C@@H](C)C(=O)N1CCOCC1. The van der Waals surface area contributed by atoms with E-state index in [1.165, 1.54) is 25.1 Å². The molecule has 13 nitrogen and oxygen atoms in total. The van der Waals surface area contributed by atoms with Crippen LogP contribution in [0.2, 0.25) is 0 Å². The summed E-state index contributed by atoms with van der Waals surface area (Å²) in [5.41, 5.74) is 1.46. The van der Waals surface area contributed by atoms with Gasteiger partial charge in [-0.15, -0.1) is 0 Å². The second-order valence-corrected chi connectivity index (χ2v) is 17.8. The zero-order valence-electron chi connectivity index (χ0n) is 30.6. The van der Waals surface area contributed by atoms with Crippen molar-refractivity contribution in [1.29, 1.82) is 0 Å². The van der Waals surface area contributed by atoms with E-state index in [1.54, 1.807) is 11.1 Å². The van der Waals surface area contributed by atoms with Crippen molar-refractivity contribution in [2.24, 2.45) is 17.8 Å². The minimum Gasteiger partial charge on any atom is -0.390 e. The number of hydrogen-bond acceptors (Lipinski definition) is 9. The predicted octanol–water partition coefficient (Wildman–Crippen LogP) is 2.28. The fourth-order valence-electron chi connectivity index (χ4n) is 7.59. The number of imidazole rings is 1. The molecule has 2 aromatic rings. The number of amides is 3. The maximum absolute atomic E-state index is 14.5. The number of sulfone groups is 1. The summed E-state index contributed by atoms with van der Waals surface area (Å²) < 4.78 is 33.0. The number of hydrogen-bond donors (Lipinski definition) is 4. The van der Waals surface area contributed by atoms with Gasteiger partial charge in [0.25, 0.3) is 0 Å². The molecule has 1 aromatic carbocycles. The van der Waals surface area contributed by atoms with E-state index in [0.717, 1.165) is 50.5 Å². The topological polar surface area (TPSA) is 182 Å². The van der Waals surface area contributed by atoms with Crippen LogP contribution in [0.3, 0.4) is 0 Å². The molecule has 52 heavy (non-hydrogen) atoms. The average Bonchev–Trinajstić information content (AvgIpc) is 3.88. The zero-order valence-corrected chi connectivity index (χ0v) is 31.4. The van der Waals surface area contributed by atoms with Crippen molar-refractivity contribution in [2.75, 3.05) is 39.4 Å². The smallest absolute Gasteiger partial charge is 0.245 e. The van der Waals surface area contributed by atoms with Crippen LogP contribution in [0.5, 0.6) is 0 Å². The Balaban J connectivity index is 1.37. The minimum atomic E-state index is -4.00. The van der Waals surface area contributed by atoms with Gasteiger partial charge in [0.15, 0.2) is 9.84 Å². The predicted molar refractivity (Wildman–Crippen MR) is 196 cm³/mol. The Morgan fingerprint density at radius 2 is 1.71 bits per heavy atom. The lowest BCUT2D eigenvalue weighted by Crippen LogP contribution is -2.55. The van der Waals surface area contributed by atoms with E-state index in [2.05, 4.69) is 15.3 Å². The maximum atomic E-state index is 14.5. The Morgan fingerprint density at radius 3 is 2.35 bits per heavy atom. The van der Waals surface area contributed by atoms with Crippen LogP contribution in [0.15, 0.2) is 42.9 Å². The van der Waals surface area contributed by atoms with Crippen molar-refractivity contribution >= 4 is 27.6 Å². The molecule has 0 unspecified atom stereocenters. The Morgan fingerprint density at radius 1 is 1.02 bits per heavy atom. The van der Waals surface area contributed by atoms with Crippen molar-refractivity contribution in [3.8, 4) is 0 Å². The van der Waals surface area contributed by atoms with Crippen LogP contribution in [-0.2, 0) is 41.8 Å². The summed E-state index contributed by atoms with van der Waals surface area (Å²) in [5.74, 6) is -1.91. The number of benzene rings is 1. The van der Waals surface area contributed by atoms with Crippen LogP contribution < -0.4 is 5.32 Å². The summed E-state index contributed by atoms with van der Waals surface area (Å²) in [6.45, 7) is 4.65. The van der Waals surface area contributed by atoms with E-state index in [0.29, 0.717) is 38.5 Å². The first-order chi connectivity index (χ1) is 24.9. The highest BCUT2D eigenvalue weighted by molar-refractivity contribution is 7.93. The van der Waals surface area contributed by atoms with Gasteiger partial charge in [-0.3, -0.25) is 14.4 Å². The van der Waals surface area contributed by atoms with Gasteiger partial charge in [0, 0.05) is 50.4 Å². The number of aliphatic hydroxyl groups is 2. The number of nitrogens with zero attached hydrogens (tertiary/aromatic N) is 3. The molecule has 2 saturated carbocycles. The van der Waals surface area contributed by atoms with Gasteiger partial charge >= 0.3 is 0 Å². The third kappa shape index (κ3) is 10.9. The van der Waals surface area contributed by atoms with E-state index in [4.69, 9.17) is 4.74 Å². The summed E-state index contributed by atoms with van der Waals surface area (Å²) in [5, 5.41) is 22.5. The molecule has 6 atom stereocenters.